The van der Waals surface area contributed by atoms with Crippen molar-refractivity contribution in [3.63, 3.8) is 0 Å². The van der Waals surface area contributed by atoms with Crippen LogP contribution in [0.2, 0.25) is 0 Å². The van der Waals surface area contributed by atoms with Crippen LogP contribution in [0.3, 0.4) is 0 Å². The molecule has 0 bridgehead atoms. The molecule has 1 aromatic carbocycles. The highest BCUT2D eigenvalue weighted by Gasteiger charge is 2.13. The molecule has 2 N–H and O–H groups in total. The zero-order valence-corrected chi connectivity index (χ0v) is 13.0. The highest BCUT2D eigenvalue weighted by atomic mass is 32.1. The van der Waals surface area contributed by atoms with Crippen LogP contribution in [-0.4, -0.2) is 17.0 Å². The predicted molar refractivity (Wildman–Crippen MR) is 88.6 cm³/mol. The van der Waals surface area contributed by atoms with Crippen molar-refractivity contribution >= 4 is 27.4 Å². The maximum Gasteiger partial charge on any atom is 0.150 e. The molecule has 3 rings (SSSR count). The smallest absolute Gasteiger partial charge is 0.150 e. The van der Waals surface area contributed by atoms with Crippen molar-refractivity contribution in [1.29, 1.82) is 0 Å². The maximum atomic E-state index is 5.82. The highest BCUT2D eigenvalue weighted by molar-refractivity contribution is 7.18. The van der Waals surface area contributed by atoms with E-state index in [9.17, 15) is 0 Å². The fraction of sp³-hybridized carbons (Fsp3) is 0.250. The van der Waals surface area contributed by atoms with Crippen LogP contribution >= 0.6 is 11.3 Å². The lowest BCUT2D eigenvalue weighted by Crippen LogP contribution is -2.19. The standard InChI is InChI=1S/C16H18N4S/c1-11-9-21-15-14(11)18-10-19-16(15)20(2)8-13-6-4-3-5-12(13)7-17/h3-6,9-10H,7-8,17H2,1-2H3. The summed E-state index contributed by atoms with van der Waals surface area (Å²) in [6.07, 6.45) is 1.64. The summed E-state index contributed by atoms with van der Waals surface area (Å²) in [6, 6.07) is 8.27. The molecule has 21 heavy (non-hydrogen) atoms. The number of benzene rings is 1. The van der Waals surface area contributed by atoms with Gasteiger partial charge in [-0.2, -0.15) is 0 Å². The van der Waals surface area contributed by atoms with E-state index in [0.717, 1.165) is 22.6 Å². The molecule has 0 saturated carbocycles. The molecule has 108 valence electrons. The number of hydrogen-bond acceptors (Lipinski definition) is 5. The zero-order chi connectivity index (χ0) is 14.8. The molecule has 0 aliphatic rings. The maximum absolute atomic E-state index is 5.82. The van der Waals surface area contributed by atoms with Crippen molar-refractivity contribution in [3.05, 3.63) is 52.7 Å². The van der Waals surface area contributed by atoms with Gasteiger partial charge in [0.2, 0.25) is 0 Å². The number of nitrogens with two attached hydrogens (primary N) is 1. The first kappa shape index (κ1) is 14.0. The Balaban J connectivity index is 1.95. The normalized spacial score (nSPS) is 11.0. The second-order valence-corrected chi connectivity index (χ2v) is 6.00. The van der Waals surface area contributed by atoms with E-state index in [1.165, 1.54) is 16.7 Å². The molecule has 0 aliphatic carbocycles. The summed E-state index contributed by atoms with van der Waals surface area (Å²) in [7, 11) is 2.06. The quantitative estimate of drug-likeness (QED) is 0.804. The van der Waals surface area contributed by atoms with Gasteiger partial charge in [-0.15, -0.1) is 11.3 Å². The molecule has 0 amide bonds. The Kier molecular flexibility index (Phi) is 3.86. The van der Waals surface area contributed by atoms with E-state index in [4.69, 9.17) is 5.73 Å². The first-order valence-corrected chi connectivity index (χ1v) is 7.75. The topological polar surface area (TPSA) is 55.0 Å². The van der Waals surface area contributed by atoms with Crippen LogP contribution in [0.4, 0.5) is 5.82 Å². The summed E-state index contributed by atoms with van der Waals surface area (Å²) in [5.41, 5.74) is 10.5. The molecule has 2 aromatic heterocycles. The second kappa shape index (κ2) is 5.79. The minimum atomic E-state index is 0.557. The molecule has 4 nitrogen and oxygen atoms in total. The Morgan fingerprint density at radius 2 is 1.95 bits per heavy atom. The number of aromatic nitrogens is 2. The molecule has 2 heterocycles. The van der Waals surface area contributed by atoms with Gasteiger partial charge in [0.25, 0.3) is 0 Å². The fourth-order valence-electron chi connectivity index (χ4n) is 2.47. The molecule has 0 unspecified atom stereocenters. The van der Waals surface area contributed by atoms with Crippen molar-refractivity contribution in [1.82, 2.24) is 9.97 Å². The van der Waals surface area contributed by atoms with Crippen molar-refractivity contribution in [2.45, 2.75) is 20.0 Å². The third kappa shape index (κ3) is 2.62. The Bertz CT molecular complexity index is 766. The molecule has 5 heteroatoms. The number of hydrogen-bond donors (Lipinski definition) is 1. The minimum absolute atomic E-state index is 0.557. The second-order valence-electron chi connectivity index (χ2n) is 5.12. The molecule has 0 aliphatic heterocycles. The predicted octanol–water partition coefficient (Wildman–Crippen LogP) is 3.09. The largest absolute Gasteiger partial charge is 0.354 e. The highest BCUT2D eigenvalue weighted by Crippen LogP contribution is 2.31. The molecular formula is C16H18N4S. The third-order valence-corrected chi connectivity index (χ3v) is 4.70. The first-order valence-electron chi connectivity index (χ1n) is 6.87. The average molecular weight is 298 g/mol. The molecule has 0 saturated heterocycles. The van der Waals surface area contributed by atoms with Gasteiger partial charge in [-0.1, -0.05) is 24.3 Å². The Hall–Kier alpha value is -1.98. The zero-order valence-electron chi connectivity index (χ0n) is 12.2. The summed E-state index contributed by atoms with van der Waals surface area (Å²) in [4.78, 5) is 11.0. The summed E-state index contributed by atoms with van der Waals surface area (Å²) in [6.45, 7) is 3.43. The summed E-state index contributed by atoms with van der Waals surface area (Å²) < 4.78 is 1.14. The summed E-state index contributed by atoms with van der Waals surface area (Å²) in [5, 5.41) is 2.13. The Morgan fingerprint density at radius 3 is 2.71 bits per heavy atom. The van der Waals surface area contributed by atoms with Gasteiger partial charge in [0.05, 0.1) is 10.2 Å². The van der Waals surface area contributed by atoms with Crippen LogP contribution in [0.5, 0.6) is 0 Å². The van der Waals surface area contributed by atoms with E-state index >= 15 is 0 Å². The van der Waals surface area contributed by atoms with Crippen LogP contribution in [-0.2, 0) is 13.1 Å². The van der Waals surface area contributed by atoms with Gasteiger partial charge in [0.1, 0.15) is 12.1 Å². The van der Waals surface area contributed by atoms with Gasteiger partial charge in [0, 0.05) is 20.1 Å². The third-order valence-electron chi connectivity index (χ3n) is 3.62. The van der Waals surface area contributed by atoms with E-state index in [1.807, 2.05) is 12.1 Å². The Morgan fingerprint density at radius 1 is 1.19 bits per heavy atom. The van der Waals surface area contributed by atoms with Crippen LogP contribution in [0.25, 0.3) is 10.2 Å². The number of anilines is 1. The van der Waals surface area contributed by atoms with Crippen LogP contribution in [0, 0.1) is 6.92 Å². The molecule has 0 atom stereocenters. The molecule has 0 spiro atoms. The van der Waals surface area contributed by atoms with Crippen LogP contribution in [0.1, 0.15) is 16.7 Å². The van der Waals surface area contributed by atoms with E-state index in [2.05, 4.69) is 46.4 Å². The molecule has 0 fully saturated rings. The van der Waals surface area contributed by atoms with Gasteiger partial charge < -0.3 is 10.6 Å². The van der Waals surface area contributed by atoms with Gasteiger partial charge in [-0.3, -0.25) is 0 Å². The van der Waals surface area contributed by atoms with Gasteiger partial charge in [-0.05, 0) is 29.0 Å². The molecular weight excluding hydrogens is 280 g/mol. The number of rotatable bonds is 4. The van der Waals surface area contributed by atoms with Crippen molar-refractivity contribution < 1.29 is 0 Å². The number of nitrogens with zero attached hydrogens (tertiary/aromatic N) is 3. The van der Waals surface area contributed by atoms with Gasteiger partial charge in [-0.25, -0.2) is 9.97 Å². The van der Waals surface area contributed by atoms with Gasteiger partial charge >= 0.3 is 0 Å². The van der Waals surface area contributed by atoms with E-state index in [1.54, 1.807) is 17.7 Å². The van der Waals surface area contributed by atoms with Crippen molar-refractivity contribution in [2.75, 3.05) is 11.9 Å². The van der Waals surface area contributed by atoms with E-state index in [0.29, 0.717) is 6.54 Å². The minimum Gasteiger partial charge on any atom is -0.354 e. The SMILES string of the molecule is Cc1csc2c(N(C)Cc3ccccc3CN)ncnc12. The Labute approximate surface area is 128 Å². The van der Waals surface area contributed by atoms with Crippen molar-refractivity contribution in [3.8, 4) is 0 Å². The first-order chi connectivity index (χ1) is 10.2. The summed E-state index contributed by atoms with van der Waals surface area (Å²) >= 11 is 1.70. The van der Waals surface area contributed by atoms with Crippen LogP contribution < -0.4 is 10.6 Å². The summed E-state index contributed by atoms with van der Waals surface area (Å²) in [5.74, 6) is 0.977. The van der Waals surface area contributed by atoms with Crippen LogP contribution in [0.15, 0.2) is 36.0 Å². The van der Waals surface area contributed by atoms with E-state index < -0.39 is 0 Å². The number of fused-ring (bicyclic) bond motifs is 1. The van der Waals surface area contributed by atoms with Crippen molar-refractivity contribution in [2.24, 2.45) is 5.73 Å². The monoisotopic (exact) mass is 298 g/mol. The van der Waals surface area contributed by atoms with Gasteiger partial charge in [0.15, 0.2) is 0 Å². The molecule has 0 radical (unpaired) electrons. The molecule has 3 aromatic rings. The lowest BCUT2D eigenvalue weighted by molar-refractivity contribution is 0.879. The van der Waals surface area contributed by atoms with E-state index in [-0.39, 0.29) is 0 Å². The lowest BCUT2D eigenvalue weighted by atomic mass is 10.1. The number of thiophene rings is 1. The average Bonchev–Trinajstić information content (AvgIpc) is 2.89. The number of aryl methyl sites for hydroxylation is 1. The lowest BCUT2D eigenvalue weighted by Gasteiger charge is -2.20. The fourth-order valence-corrected chi connectivity index (χ4v) is 3.52.